The standard InChI is InChI=1S/C18H37.C7H6O3.Na/c1-3-5-7-9-11-13-15-17-18-16-14-12-10-8-6-4-2;8-6-4-2-1-3-5(6)7(9)10;/h1,3-18H2,2H3;1-4,8H,(H,9,10);. The van der Waals surface area contributed by atoms with Crippen LogP contribution in [0.1, 0.15) is 120 Å². The van der Waals surface area contributed by atoms with Crippen molar-refractivity contribution in [3.8, 4) is 5.75 Å². The van der Waals surface area contributed by atoms with Gasteiger partial charge in [0.1, 0.15) is 11.3 Å². The molecule has 0 aliphatic heterocycles. The van der Waals surface area contributed by atoms with Crippen molar-refractivity contribution in [1.29, 1.82) is 0 Å². The second-order valence-electron chi connectivity index (χ2n) is 8.13. The van der Waals surface area contributed by atoms with Crippen LogP contribution in [0.4, 0.5) is 0 Å². The third kappa shape index (κ3) is 19.2. The molecule has 0 aliphatic rings. The molecule has 162 valence electrons. The molecule has 0 unspecified atom stereocenters. The molecular formula is C25H43NaO3. The molecule has 0 saturated heterocycles. The molecule has 1 aromatic carbocycles. The monoisotopic (exact) mass is 414 g/mol. The maximum Gasteiger partial charge on any atom is 0.339 e. The summed E-state index contributed by atoms with van der Waals surface area (Å²) in [5, 5.41) is 17.3. The summed E-state index contributed by atoms with van der Waals surface area (Å²) < 4.78 is 1.51. The predicted octanol–water partition coefficient (Wildman–Crippen LogP) is 7.93. The minimum absolute atomic E-state index is 0.0671. The Morgan fingerprint density at radius 2 is 1.10 bits per heavy atom. The van der Waals surface area contributed by atoms with Crippen LogP contribution < -0.4 is 0 Å². The smallest absolute Gasteiger partial charge is 0.339 e. The Balaban J connectivity index is 0.000000651. The van der Waals surface area contributed by atoms with Crippen LogP contribution in [0, 0.1) is 0 Å². The number of aromatic carboxylic acids is 1. The van der Waals surface area contributed by atoms with Crippen LogP contribution in [-0.2, 0) is 0 Å². The topological polar surface area (TPSA) is 57.5 Å². The number of unbranched alkanes of at least 4 members (excludes halogenated alkanes) is 15. The van der Waals surface area contributed by atoms with Gasteiger partial charge in [0.05, 0.1) is 0 Å². The fourth-order valence-corrected chi connectivity index (χ4v) is 3.95. The third-order valence-corrected chi connectivity index (χ3v) is 6.05. The van der Waals surface area contributed by atoms with Crippen molar-refractivity contribution in [2.24, 2.45) is 0 Å². The maximum atomic E-state index is 10.3. The van der Waals surface area contributed by atoms with Crippen molar-refractivity contribution >= 4 is 33.9 Å². The summed E-state index contributed by atoms with van der Waals surface area (Å²) in [4.78, 5) is 10.3. The average molecular weight is 415 g/mol. The number of rotatable bonds is 17. The molecule has 1 rings (SSSR count). The Morgan fingerprint density at radius 1 is 0.724 bits per heavy atom. The first-order valence-corrected chi connectivity index (χ1v) is 13.6. The molecule has 0 aliphatic carbocycles. The molecule has 0 amide bonds. The van der Waals surface area contributed by atoms with Gasteiger partial charge in [-0.05, 0) is 12.1 Å². The molecule has 0 spiro atoms. The van der Waals surface area contributed by atoms with Gasteiger partial charge in [0.25, 0.3) is 0 Å². The average Bonchev–Trinajstić information content (AvgIpc) is 2.71. The SMILES string of the molecule is CCCCCCCCCCCCCCCCC[CH2][Na].O=C(O)c1ccccc1O. The van der Waals surface area contributed by atoms with Gasteiger partial charge in [0.2, 0.25) is 0 Å². The Hall–Kier alpha value is -0.510. The van der Waals surface area contributed by atoms with Crippen LogP contribution in [0.25, 0.3) is 0 Å². The van der Waals surface area contributed by atoms with Crippen LogP contribution in [-0.4, -0.2) is 44.1 Å². The molecule has 0 radical (unpaired) electrons. The molecule has 1 aromatic rings. The number of phenols is 1. The predicted molar refractivity (Wildman–Crippen MR) is 125 cm³/mol. The van der Waals surface area contributed by atoms with E-state index in [9.17, 15) is 4.79 Å². The molecule has 0 bridgehead atoms. The molecule has 0 aromatic heterocycles. The molecule has 0 saturated carbocycles. The van der Waals surface area contributed by atoms with Crippen LogP contribution in [0.3, 0.4) is 0 Å². The molecule has 2 N–H and O–H groups in total. The largest absolute Gasteiger partial charge is 0.507 e. The Morgan fingerprint density at radius 3 is 1.41 bits per heavy atom. The van der Waals surface area contributed by atoms with E-state index < -0.39 is 5.97 Å². The van der Waals surface area contributed by atoms with E-state index in [1.165, 1.54) is 146 Å². The second kappa shape index (κ2) is 22.2. The van der Waals surface area contributed by atoms with Gasteiger partial charge in [0.15, 0.2) is 0 Å². The summed E-state index contributed by atoms with van der Waals surface area (Å²) in [7, 11) is 0. The number of para-hydroxylation sites is 1. The van der Waals surface area contributed by atoms with Crippen LogP contribution >= 0.6 is 0 Å². The van der Waals surface area contributed by atoms with Gasteiger partial charge in [-0.1, -0.05) is 51.2 Å². The Labute approximate surface area is 197 Å². The molecule has 3 nitrogen and oxygen atoms in total. The van der Waals surface area contributed by atoms with E-state index in [0.29, 0.717) is 0 Å². The van der Waals surface area contributed by atoms with Gasteiger partial charge in [0, 0.05) is 0 Å². The zero-order valence-corrected chi connectivity index (χ0v) is 21.1. The molecule has 0 fully saturated rings. The van der Waals surface area contributed by atoms with Gasteiger partial charge < -0.3 is 10.2 Å². The summed E-state index contributed by atoms with van der Waals surface area (Å²) in [5.74, 6) is -1.31. The zero-order chi connectivity index (χ0) is 21.6. The van der Waals surface area contributed by atoms with Crippen molar-refractivity contribution in [1.82, 2.24) is 0 Å². The molecule has 29 heavy (non-hydrogen) atoms. The summed E-state index contributed by atoms with van der Waals surface area (Å²) in [5.41, 5.74) is -0.0671. The van der Waals surface area contributed by atoms with Gasteiger partial charge in [-0.2, -0.15) is 0 Å². The van der Waals surface area contributed by atoms with E-state index in [1.54, 1.807) is 12.1 Å². The van der Waals surface area contributed by atoms with E-state index in [0.717, 1.165) is 0 Å². The number of carboxylic acid groups (broad SMARTS) is 1. The second-order valence-corrected chi connectivity index (χ2v) is 9.13. The molecule has 4 heteroatoms. The number of benzene rings is 1. The summed E-state index contributed by atoms with van der Waals surface area (Å²) in [6.45, 7) is 2.30. The first kappa shape index (κ1) is 28.5. The van der Waals surface area contributed by atoms with Gasteiger partial charge in [-0.15, -0.1) is 0 Å². The van der Waals surface area contributed by atoms with Crippen molar-refractivity contribution in [3.05, 3.63) is 29.8 Å². The van der Waals surface area contributed by atoms with Crippen molar-refractivity contribution in [3.63, 3.8) is 0 Å². The number of carboxylic acids is 1. The fourth-order valence-electron chi connectivity index (χ4n) is 3.45. The Bertz CT molecular complexity index is 475. The first-order chi connectivity index (χ1) is 14.1. The zero-order valence-electron chi connectivity index (χ0n) is 19.1. The maximum absolute atomic E-state index is 10.3. The molecular weight excluding hydrogens is 371 g/mol. The van der Waals surface area contributed by atoms with Gasteiger partial charge in [-0.3, -0.25) is 0 Å². The minimum Gasteiger partial charge on any atom is -0.507 e. The third-order valence-electron chi connectivity index (χ3n) is 5.34. The van der Waals surface area contributed by atoms with E-state index in [1.807, 2.05) is 0 Å². The number of carbonyl (C=O) groups is 1. The number of hydrogen-bond donors (Lipinski definition) is 2. The van der Waals surface area contributed by atoms with Crippen LogP contribution in [0.5, 0.6) is 5.75 Å². The molecule has 0 heterocycles. The Kier molecular flexibility index (Phi) is 21.8. The first-order valence-electron chi connectivity index (χ1n) is 12.1. The quantitative estimate of drug-likeness (QED) is 0.201. The van der Waals surface area contributed by atoms with E-state index >= 15 is 0 Å². The number of hydrogen-bond acceptors (Lipinski definition) is 2. The van der Waals surface area contributed by atoms with E-state index in [4.69, 9.17) is 10.2 Å². The van der Waals surface area contributed by atoms with E-state index in [-0.39, 0.29) is 11.3 Å². The van der Waals surface area contributed by atoms with Gasteiger partial charge in [-0.25, -0.2) is 4.79 Å². The van der Waals surface area contributed by atoms with Crippen molar-refractivity contribution in [2.75, 3.05) is 0 Å². The van der Waals surface area contributed by atoms with Gasteiger partial charge >= 0.3 is 108 Å². The molecule has 0 atom stereocenters. The summed E-state index contributed by atoms with van der Waals surface area (Å²) in [6, 6.07) is 5.81. The van der Waals surface area contributed by atoms with Crippen molar-refractivity contribution < 1.29 is 15.0 Å². The van der Waals surface area contributed by atoms with Crippen LogP contribution in [0.15, 0.2) is 24.3 Å². The fraction of sp³-hybridized carbons (Fsp3) is 0.720. The normalized spacial score (nSPS) is 10.4. The van der Waals surface area contributed by atoms with E-state index in [2.05, 4.69) is 6.92 Å². The number of aromatic hydroxyl groups is 1. The minimum atomic E-state index is -1.11. The summed E-state index contributed by atoms with van der Waals surface area (Å²) in [6.07, 6.45) is 23.7. The van der Waals surface area contributed by atoms with Crippen molar-refractivity contribution in [2.45, 2.75) is 113 Å². The summed E-state index contributed by atoms with van der Waals surface area (Å²) >= 11 is 1.41. The van der Waals surface area contributed by atoms with Crippen LogP contribution in [0.2, 0.25) is 3.67 Å².